The average molecular weight is 340 g/mol. The molecule has 1 heterocycles. The molecule has 3 N–H and O–H groups in total. The second kappa shape index (κ2) is 8.50. The van der Waals surface area contributed by atoms with Crippen molar-refractivity contribution in [3.8, 4) is 0 Å². The fraction of sp³-hybridized carbons (Fsp3) is 0.636. The molecule has 0 aliphatic heterocycles. The van der Waals surface area contributed by atoms with Crippen LogP contribution in [-0.2, 0) is 0 Å². The summed E-state index contributed by atoms with van der Waals surface area (Å²) in [5, 5.41) is 12.9. The number of aromatic nitrogens is 2. The number of carbonyl (C=O) groups excluding carboxylic acids is 1. The number of amides is 1. The normalized spacial score (nSPS) is 10.3. The van der Waals surface area contributed by atoms with E-state index in [0.29, 0.717) is 18.2 Å². The lowest BCUT2D eigenvalue weighted by Gasteiger charge is -2.04. The van der Waals surface area contributed by atoms with E-state index in [2.05, 4.69) is 36.8 Å². The van der Waals surface area contributed by atoms with Crippen LogP contribution in [0.4, 0.5) is 0 Å². The molecule has 5 nitrogen and oxygen atoms in total. The molecular weight excluding hydrogens is 320 g/mol. The number of likely N-dealkylation sites (N-methyl/N-ethyl adjacent to an activating group) is 1. The summed E-state index contributed by atoms with van der Waals surface area (Å²) in [6, 6.07) is 0. The van der Waals surface area contributed by atoms with Gasteiger partial charge < -0.3 is 10.6 Å². The molecule has 0 spiro atoms. The van der Waals surface area contributed by atoms with Gasteiger partial charge in [0.1, 0.15) is 0 Å². The smallest absolute Gasteiger partial charge is 0.273 e. The van der Waals surface area contributed by atoms with Gasteiger partial charge in [0.05, 0.1) is 10.2 Å². The molecule has 0 atom stereocenters. The predicted molar refractivity (Wildman–Crippen MR) is 78.5 cm³/mol. The molecule has 1 aromatic heterocycles. The Bertz CT molecular complexity index is 381. The average Bonchev–Trinajstić information content (AvgIpc) is 2.66. The fourth-order valence-electron chi connectivity index (χ4n) is 1.40. The van der Waals surface area contributed by atoms with Crippen LogP contribution in [0, 0.1) is 0 Å². The van der Waals surface area contributed by atoms with Crippen LogP contribution in [0.2, 0.25) is 0 Å². The molecule has 1 rings (SSSR count). The summed E-state index contributed by atoms with van der Waals surface area (Å²) in [4.78, 5) is 11.8. The number of aromatic amines is 1. The summed E-state index contributed by atoms with van der Waals surface area (Å²) in [7, 11) is 0. The van der Waals surface area contributed by atoms with Gasteiger partial charge in [0.2, 0.25) is 0 Å². The lowest BCUT2D eigenvalue weighted by Crippen LogP contribution is -2.32. The van der Waals surface area contributed by atoms with Crippen molar-refractivity contribution in [1.29, 1.82) is 0 Å². The van der Waals surface area contributed by atoms with E-state index >= 15 is 0 Å². The van der Waals surface area contributed by atoms with Crippen LogP contribution in [0.15, 0.2) is 4.47 Å². The van der Waals surface area contributed by atoms with Crippen molar-refractivity contribution in [3.05, 3.63) is 15.9 Å². The molecular formula is C11H20BrClN4O. The molecule has 0 aromatic carbocycles. The van der Waals surface area contributed by atoms with Crippen molar-refractivity contribution in [2.24, 2.45) is 0 Å². The van der Waals surface area contributed by atoms with Gasteiger partial charge in [-0.15, -0.1) is 12.4 Å². The van der Waals surface area contributed by atoms with Gasteiger partial charge in [-0.2, -0.15) is 5.10 Å². The highest BCUT2D eigenvalue weighted by Gasteiger charge is 2.18. The van der Waals surface area contributed by atoms with Gasteiger partial charge in [0, 0.05) is 13.1 Å². The van der Waals surface area contributed by atoms with Gasteiger partial charge in [0.15, 0.2) is 5.69 Å². The first kappa shape index (κ1) is 17.4. The van der Waals surface area contributed by atoms with E-state index in [9.17, 15) is 4.79 Å². The number of halogens is 2. The molecule has 7 heteroatoms. The van der Waals surface area contributed by atoms with Crippen molar-refractivity contribution < 1.29 is 4.79 Å². The van der Waals surface area contributed by atoms with Gasteiger partial charge in [0.25, 0.3) is 5.91 Å². The first-order valence-corrected chi connectivity index (χ1v) is 6.59. The number of rotatable bonds is 6. The molecule has 0 saturated heterocycles. The third kappa shape index (κ3) is 4.59. The molecule has 1 amide bonds. The molecule has 0 unspecified atom stereocenters. The molecule has 0 saturated carbocycles. The first-order valence-electron chi connectivity index (χ1n) is 5.80. The van der Waals surface area contributed by atoms with Crippen LogP contribution >= 0.6 is 28.3 Å². The number of H-pyrrole nitrogens is 1. The summed E-state index contributed by atoms with van der Waals surface area (Å²) in [6.07, 6.45) is 0. The van der Waals surface area contributed by atoms with Crippen LogP contribution in [0.25, 0.3) is 0 Å². The number of nitrogens with one attached hydrogen (secondary N) is 3. The van der Waals surface area contributed by atoms with Gasteiger partial charge in [-0.05, 0) is 28.4 Å². The van der Waals surface area contributed by atoms with Crippen molar-refractivity contribution in [2.45, 2.75) is 26.7 Å². The second-order valence-corrected chi connectivity index (χ2v) is 4.86. The minimum Gasteiger partial charge on any atom is -0.349 e. The summed E-state index contributed by atoms with van der Waals surface area (Å²) in [6.45, 7) is 8.39. The third-order valence-electron chi connectivity index (χ3n) is 2.36. The lowest BCUT2D eigenvalue weighted by atomic mass is 10.1. The Balaban J connectivity index is 0.00000289. The van der Waals surface area contributed by atoms with E-state index in [4.69, 9.17) is 0 Å². The van der Waals surface area contributed by atoms with Crippen molar-refractivity contribution in [1.82, 2.24) is 20.8 Å². The quantitative estimate of drug-likeness (QED) is 0.695. The van der Waals surface area contributed by atoms with E-state index < -0.39 is 0 Å². The lowest BCUT2D eigenvalue weighted by molar-refractivity contribution is 0.0948. The third-order valence-corrected chi connectivity index (χ3v) is 3.17. The summed E-state index contributed by atoms with van der Waals surface area (Å²) >= 11 is 3.40. The van der Waals surface area contributed by atoms with Crippen LogP contribution in [0.1, 0.15) is 42.9 Å². The highest BCUT2D eigenvalue weighted by molar-refractivity contribution is 9.10. The van der Waals surface area contributed by atoms with E-state index in [1.165, 1.54) is 0 Å². The minimum atomic E-state index is -0.155. The molecule has 1 aromatic rings. The highest BCUT2D eigenvalue weighted by atomic mass is 79.9. The van der Waals surface area contributed by atoms with Crippen molar-refractivity contribution >= 4 is 34.2 Å². The Morgan fingerprint density at radius 1 is 1.44 bits per heavy atom. The van der Waals surface area contributed by atoms with Crippen LogP contribution in [-0.4, -0.2) is 35.7 Å². The topological polar surface area (TPSA) is 69.8 Å². The van der Waals surface area contributed by atoms with E-state index in [1.54, 1.807) is 0 Å². The number of hydrogen-bond acceptors (Lipinski definition) is 3. The Kier molecular flexibility index (Phi) is 8.22. The van der Waals surface area contributed by atoms with E-state index in [-0.39, 0.29) is 18.3 Å². The van der Waals surface area contributed by atoms with Crippen LogP contribution < -0.4 is 10.6 Å². The largest absolute Gasteiger partial charge is 0.349 e. The maximum absolute atomic E-state index is 11.8. The van der Waals surface area contributed by atoms with Gasteiger partial charge in [-0.3, -0.25) is 9.89 Å². The van der Waals surface area contributed by atoms with E-state index in [0.717, 1.165) is 23.3 Å². The number of carbonyl (C=O) groups is 1. The van der Waals surface area contributed by atoms with Crippen molar-refractivity contribution in [2.75, 3.05) is 19.6 Å². The molecule has 0 fully saturated rings. The first-order chi connectivity index (χ1) is 8.07. The SMILES string of the molecule is CCNCCNC(=O)c1n[nH]c(C(C)C)c1Br.Cl. The van der Waals surface area contributed by atoms with Crippen LogP contribution in [0.5, 0.6) is 0 Å². The summed E-state index contributed by atoms with van der Waals surface area (Å²) in [5.74, 6) is 0.151. The maximum atomic E-state index is 11.8. The zero-order valence-electron chi connectivity index (χ0n) is 10.8. The zero-order valence-corrected chi connectivity index (χ0v) is 13.2. The van der Waals surface area contributed by atoms with Gasteiger partial charge >= 0.3 is 0 Å². The molecule has 104 valence electrons. The molecule has 18 heavy (non-hydrogen) atoms. The van der Waals surface area contributed by atoms with Crippen molar-refractivity contribution in [3.63, 3.8) is 0 Å². The molecule has 0 aliphatic rings. The number of hydrogen-bond donors (Lipinski definition) is 3. The molecule has 0 radical (unpaired) electrons. The standard InChI is InChI=1S/C11H19BrN4O.ClH/c1-4-13-5-6-14-11(17)10-8(12)9(7(2)3)15-16-10;/h7,13H,4-6H2,1-3H3,(H,14,17)(H,15,16);1H. The Labute approximate surface area is 122 Å². The maximum Gasteiger partial charge on any atom is 0.273 e. The van der Waals surface area contributed by atoms with Gasteiger partial charge in [-0.1, -0.05) is 20.8 Å². The second-order valence-electron chi connectivity index (χ2n) is 4.06. The Hall–Kier alpha value is -0.590. The summed E-state index contributed by atoms with van der Waals surface area (Å²) < 4.78 is 0.758. The minimum absolute atomic E-state index is 0. The van der Waals surface area contributed by atoms with E-state index in [1.807, 2.05) is 20.8 Å². The van der Waals surface area contributed by atoms with Gasteiger partial charge in [-0.25, -0.2) is 0 Å². The highest BCUT2D eigenvalue weighted by Crippen LogP contribution is 2.25. The predicted octanol–water partition coefficient (Wildman–Crippen LogP) is 2.06. The Morgan fingerprint density at radius 3 is 2.61 bits per heavy atom. The molecule has 0 aliphatic carbocycles. The van der Waals surface area contributed by atoms with Crippen LogP contribution in [0.3, 0.4) is 0 Å². The monoisotopic (exact) mass is 338 g/mol. The fourth-order valence-corrected chi connectivity index (χ4v) is 2.21. The summed E-state index contributed by atoms with van der Waals surface area (Å²) in [5.41, 5.74) is 1.37. The Morgan fingerprint density at radius 2 is 2.11 bits per heavy atom. The zero-order chi connectivity index (χ0) is 12.8. The molecule has 0 bridgehead atoms. The number of nitrogens with zero attached hydrogens (tertiary/aromatic N) is 1.